The maximum Gasteiger partial charge on any atom is 0.317 e. The third kappa shape index (κ3) is 5.36. The van der Waals surface area contributed by atoms with E-state index in [-0.39, 0.29) is 18.5 Å². The summed E-state index contributed by atoms with van der Waals surface area (Å²) in [4.78, 5) is 38.5. The fraction of sp³-hybridized carbons (Fsp3) is 0.812. The van der Waals surface area contributed by atoms with Gasteiger partial charge in [-0.15, -0.1) is 0 Å². The summed E-state index contributed by atoms with van der Waals surface area (Å²) in [7, 11) is 0. The molecule has 1 fully saturated rings. The zero-order valence-corrected chi connectivity index (χ0v) is 15.0. The van der Waals surface area contributed by atoms with Crippen molar-refractivity contribution in [1.29, 1.82) is 0 Å². The minimum atomic E-state index is -0.892. The molecule has 1 aliphatic heterocycles. The van der Waals surface area contributed by atoms with E-state index in [9.17, 15) is 19.5 Å². The number of amides is 3. The van der Waals surface area contributed by atoms with Crippen LogP contribution in [0.3, 0.4) is 0 Å². The molecule has 0 aromatic carbocycles. The molecule has 1 rings (SSSR count). The molecule has 1 saturated heterocycles. The zero-order valence-electron chi connectivity index (χ0n) is 15.0. The summed E-state index contributed by atoms with van der Waals surface area (Å²) >= 11 is 0. The molecular formula is C16H30N4O4. The molecule has 0 aromatic rings. The van der Waals surface area contributed by atoms with Gasteiger partial charge in [0.2, 0.25) is 5.91 Å². The molecule has 1 aliphatic rings. The second kappa shape index (κ2) is 8.32. The summed E-state index contributed by atoms with van der Waals surface area (Å²) in [5.74, 6) is -1.61. The highest BCUT2D eigenvalue weighted by atomic mass is 16.4. The first-order valence-electron chi connectivity index (χ1n) is 8.36. The van der Waals surface area contributed by atoms with Gasteiger partial charge in [0, 0.05) is 32.7 Å². The Morgan fingerprint density at radius 3 is 2.12 bits per heavy atom. The SMILES string of the molecule is CC(C)CC(CNC(=O)N1CCN(C(C)(C)C(N)=O)CC1)C(=O)O. The number of nitrogens with one attached hydrogen (secondary N) is 1. The van der Waals surface area contributed by atoms with E-state index in [1.54, 1.807) is 18.7 Å². The lowest BCUT2D eigenvalue weighted by Crippen LogP contribution is -2.61. The van der Waals surface area contributed by atoms with Crippen LogP contribution in [0.25, 0.3) is 0 Å². The van der Waals surface area contributed by atoms with Gasteiger partial charge in [-0.25, -0.2) is 4.79 Å². The molecule has 1 atom stereocenters. The van der Waals surface area contributed by atoms with Crippen LogP contribution in [-0.4, -0.2) is 71.1 Å². The van der Waals surface area contributed by atoms with Gasteiger partial charge < -0.3 is 21.1 Å². The van der Waals surface area contributed by atoms with Crippen molar-refractivity contribution < 1.29 is 19.5 Å². The number of nitrogens with two attached hydrogens (primary N) is 1. The molecule has 0 aliphatic carbocycles. The number of carbonyl (C=O) groups excluding carboxylic acids is 2. The van der Waals surface area contributed by atoms with Crippen LogP contribution in [0.1, 0.15) is 34.1 Å². The number of hydrogen-bond donors (Lipinski definition) is 3. The van der Waals surface area contributed by atoms with Crippen molar-refractivity contribution in [2.24, 2.45) is 17.6 Å². The summed E-state index contributed by atoms with van der Waals surface area (Å²) in [6.45, 7) is 9.64. The highest BCUT2D eigenvalue weighted by molar-refractivity contribution is 5.83. The molecule has 4 N–H and O–H groups in total. The van der Waals surface area contributed by atoms with Crippen LogP contribution in [0.4, 0.5) is 4.79 Å². The van der Waals surface area contributed by atoms with Gasteiger partial charge in [-0.1, -0.05) is 13.8 Å². The standard InChI is InChI=1S/C16H30N4O4/c1-11(2)9-12(13(21)22)10-18-15(24)19-5-7-20(8-6-19)16(3,4)14(17)23/h11-12H,5-10H2,1-4H3,(H2,17,23)(H,18,24)(H,21,22). The van der Waals surface area contributed by atoms with Crippen molar-refractivity contribution in [3.63, 3.8) is 0 Å². The number of carboxylic acid groups (broad SMARTS) is 1. The second-order valence-electron chi connectivity index (χ2n) is 7.25. The lowest BCUT2D eigenvalue weighted by atomic mass is 9.97. The summed E-state index contributed by atoms with van der Waals surface area (Å²) in [6.07, 6.45) is 0.524. The van der Waals surface area contributed by atoms with E-state index in [1.165, 1.54) is 0 Å². The van der Waals surface area contributed by atoms with Crippen LogP contribution in [0.5, 0.6) is 0 Å². The molecule has 138 valence electrons. The Kier molecular flexibility index (Phi) is 7.01. The van der Waals surface area contributed by atoms with E-state index in [1.807, 2.05) is 18.7 Å². The highest BCUT2D eigenvalue weighted by Gasteiger charge is 2.35. The molecule has 8 heteroatoms. The Bertz CT molecular complexity index is 471. The Morgan fingerprint density at radius 2 is 1.71 bits per heavy atom. The number of nitrogens with zero attached hydrogens (tertiary/aromatic N) is 2. The lowest BCUT2D eigenvalue weighted by molar-refractivity contribution is -0.142. The number of primary amides is 1. The van der Waals surface area contributed by atoms with Gasteiger partial charge in [-0.2, -0.15) is 0 Å². The van der Waals surface area contributed by atoms with E-state index in [0.717, 1.165) is 0 Å². The van der Waals surface area contributed by atoms with Gasteiger partial charge in [0.25, 0.3) is 0 Å². The monoisotopic (exact) mass is 342 g/mol. The molecular weight excluding hydrogens is 312 g/mol. The van der Waals surface area contributed by atoms with Gasteiger partial charge in [0.05, 0.1) is 11.5 Å². The highest BCUT2D eigenvalue weighted by Crippen LogP contribution is 2.17. The molecule has 0 spiro atoms. The molecule has 1 heterocycles. The smallest absolute Gasteiger partial charge is 0.317 e. The van der Waals surface area contributed by atoms with E-state index in [0.29, 0.717) is 32.6 Å². The third-order valence-electron chi connectivity index (χ3n) is 4.57. The van der Waals surface area contributed by atoms with Crippen molar-refractivity contribution >= 4 is 17.9 Å². The Labute approximate surface area is 143 Å². The number of carbonyl (C=O) groups is 3. The lowest BCUT2D eigenvalue weighted by Gasteiger charge is -2.42. The first-order chi connectivity index (χ1) is 11.1. The molecule has 0 aromatic heterocycles. The topological polar surface area (TPSA) is 116 Å². The van der Waals surface area contributed by atoms with Crippen molar-refractivity contribution in [3.8, 4) is 0 Å². The molecule has 0 saturated carbocycles. The third-order valence-corrected chi connectivity index (χ3v) is 4.57. The van der Waals surface area contributed by atoms with Gasteiger partial charge in [-0.05, 0) is 26.2 Å². The van der Waals surface area contributed by atoms with Gasteiger partial charge in [0.15, 0.2) is 0 Å². The molecule has 1 unspecified atom stereocenters. The van der Waals surface area contributed by atoms with Gasteiger partial charge in [-0.3, -0.25) is 14.5 Å². The largest absolute Gasteiger partial charge is 0.481 e. The quantitative estimate of drug-likeness (QED) is 0.616. The number of hydrogen-bond acceptors (Lipinski definition) is 4. The zero-order chi connectivity index (χ0) is 18.5. The van der Waals surface area contributed by atoms with Crippen molar-refractivity contribution in [2.75, 3.05) is 32.7 Å². The average molecular weight is 342 g/mol. The Hall–Kier alpha value is -1.83. The minimum Gasteiger partial charge on any atom is -0.481 e. The fourth-order valence-corrected chi connectivity index (χ4v) is 2.79. The van der Waals surface area contributed by atoms with Crippen molar-refractivity contribution in [2.45, 2.75) is 39.7 Å². The van der Waals surface area contributed by atoms with E-state index in [2.05, 4.69) is 5.32 Å². The van der Waals surface area contributed by atoms with Crippen LogP contribution in [0, 0.1) is 11.8 Å². The summed E-state index contributed by atoms with van der Waals surface area (Å²) < 4.78 is 0. The molecule has 0 bridgehead atoms. The fourth-order valence-electron chi connectivity index (χ4n) is 2.79. The van der Waals surface area contributed by atoms with E-state index in [4.69, 9.17) is 5.73 Å². The van der Waals surface area contributed by atoms with Crippen LogP contribution in [0.2, 0.25) is 0 Å². The summed E-state index contributed by atoms with van der Waals surface area (Å²) in [5, 5.41) is 11.9. The average Bonchev–Trinajstić information content (AvgIpc) is 2.50. The molecule has 0 radical (unpaired) electrons. The molecule has 24 heavy (non-hydrogen) atoms. The predicted octanol–water partition coefficient (Wildman–Crippen LogP) is 0.324. The van der Waals surface area contributed by atoms with Crippen molar-refractivity contribution in [3.05, 3.63) is 0 Å². The Morgan fingerprint density at radius 1 is 1.17 bits per heavy atom. The van der Waals surface area contributed by atoms with Gasteiger partial charge >= 0.3 is 12.0 Å². The van der Waals surface area contributed by atoms with Gasteiger partial charge in [0.1, 0.15) is 0 Å². The number of piperazine rings is 1. The van der Waals surface area contributed by atoms with Crippen LogP contribution < -0.4 is 11.1 Å². The van der Waals surface area contributed by atoms with Crippen LogP contribution >= 0.6 is 0 Å². The first kappa shape index (κ1) is 20.2. The maximum absolute atomic E-state index is 12.2. The maximum atomic E-state index is 12.2. The van der Waals surface area contributed by atoms with Crippen LogP contribution in [-0.2, 0) is 9.59 Å². The molecule has 8 nitrogen and oxygen atoms in total. The normalized spacial score (nSPS) is 17.6. The summed E-state index contributed by atoms with van der Waals surface area (Å²) in [5.41, 5.74) is 4.67. The van der Waals surface area contributed by atoms with E-state index >= 15 is 0 Å². The second-order valence-corrected chi connectivity index (χ2v) is 7.25. The van der Waals surface area contributed by atoms with E-state index < -0.39 is 23.3 Å². The number of carboxylic acids is 1. The summed E-state index contributed by atoms with van der Waals surface area (Å²) in [6, 6.07) is -0.262. The minimum absolute atomic E-state index is 0.124. The van der Waals surface area contributed by atoms with Crippen molar-refractivity contribution in [1.82, 2.24) is 15.1 Å². The predicted molar refractivity (Wildman–Crippen MR) is 90.4 cm³/mol. The number of aliphatic carboxylic acids is 1. The first-order valence-corrected chi connectivity index (χ1v) is 8.36. The Balaban J connectivity index is 2.48. The number of rotatable bonds is 7. The molecule has 3 amide bonds. The van der Waals surface area contributed by atoms with Crippen LogP contribution in [0.15, 0.2) is 0 Å². The number of urea groups is 1.